The van der Waals surface area contributed by atoms with Crippen LogP contribution in [0.2, 0.25) is 0 Å². The molecule has 0 aliphatic heterocycles. The van der Waals surface area contributed by atoms with Crippen LogP contribution in [0.15, 0.2) is 18.2 Å². The van der Waals surface area contributed by atoms with Crippen LogP contribution in [0.3, 0.4) is 0 Å². The van der Waals surface area contributed by atoms with Crippen molar-refractivity contribution in [2.75, 3.05) is 6.54 Å². The van der Waals surface area contributed by atoms with E-state index < -0.39 is 0 Å². The van der Waals surface area contributed by atoms with Gasteiger partial charge in [0.2, 0.25) is 0 Å². The molecule has 1 aromatic rings. The molecule has 0 radical (unpaired) electrons. The monoisotopic (exact) mass is 273 g/mol. The third kappa shape index (κ3) is 2.58. The van der Waals surface area contributed by atoms with Gasteiger partial charge in [-0.15, -0.1) is 0 Å². The van der Waals surface area contributed by atoms with Crippen LogP contribution in [0.1, 0.15) is 51.2 Å². The van der Waals surface area contributed by atoms with E-state index in [0.29, 0.717) is 17.6 Å². The van der Waals surface area contributed by atoms with E-state index in [0.717, 1.165) is 18.7 Å². The van der Waals surface area contributed by atoms with Crippen molar-refractivity contribution >= 4 is 0 Å². The summed E-state index contributed by atoms with van der Waals surface area (Å²) >= 11 is 0. The summed E-state index contributed by atoms with van der Waals surface area (Å²) in [5.74, 6) is 1.07. The fraction of sp³-hybridized carbons (Fsp3) is 0.667. The van der Waals surface area contributed by atoms with Crippen LogP contribution in [0, 0.1) is 5.41 Å². The van der Waals surface area contributed by atoms with Crippen molar-refractivity contribution in [1.82, 2.24) is 5.32 Å². The smallest absolute Gasteiger partial charge is 0.120 e. The molecule has 0 aromatic heterocycles. The number of benzene rings is 1. The minimum absolute atomic E-state index is 0.310. The Morgan fingerprint density at radius 2 is 2.05 bits per heavy atom. The highest BCUT2D eigenvalue weighted by Gasteiger charge is 2.42. The molecule has 1 N–H and O–H groups in total. The average molecular weight is 273 g/mol. The van der Waals surface area contributed by atoms with Gasteiger partial charge < -0.3 is 10.1 Å². The van der Waals surface area contributed by atoms with Crippen molar-refractivity contribution in [3.05, 3.63) is 29.3 Å². The molecule has 0 heterocycles. The number of ether oxygens (including phenoxy) is 1. The van der Waals surface area contributed by atoms with Gasteiger partial charge in [0.15, 0.2) is 0 Å². The van der Waals surface area contributed by atoms with Crippen LogP contribution in [0.5, 0.6) is 5.75 Å². The van der Waals surface area contributed by atoms with Gasteiger partial charge >= 0.3 is 0 Å². The van der Waals surface area contributed by atoms with Crippen molar-refractivity contribution in [2.24, 2.45) is 5.41 Å². The SMILES string of the molecule is CCNC1C(Oc2ccc3c(c2)CCC3)CCC1(C)C. The summed E-state index contributed by atoms with van der Waals surface area (Å²) in [5, 5.41) is 3.63. The molecular formula is C18H27NO. The van der Waals surface area contributed by atoms with Gasteiger partial charge in [0.1, 0.15) is 11.9 Å². The zero-order valence-corrected chi connectivity index (χ0v) is 13.0. The van der Waals surface area contributed by atoms with Crippen molar-refractivity contribution in [1.29, 1.82) is 0 Å². The summed E-state index contributed by atoms with van der Waals surface area (Å²) < 4.78 is 6.34. The van der Waals surface area contributed by atoms with E-state index in [1.165, 1.54) is 36.8 Å². The fourth-order valence-electron chi connectivity index (χ4n) is 3.89. The molecule has 3 rings (SSSR count). The Morgan fingerprint density at radius 3 is 2.85 bits per heavy atom. The van der Waals surface area contributed by atoms with E-state index in [4.69, 9.17) is 4.74 Å². The van der Waals surface area contributed by atoms with Gasteiger partial charge in [0.05, 0.1) is 0 Å². The first kappa shape index (κ1) is 13.9. The lowest BCUT2D eigenvalue weighted by Crippen LogP contribution is -2.46. The lowest BCUT2D eigenvalue weighted by atomic mass is 9.87. The summed E-state index contributed by atoms with van der Waals surface area (Å²) in [4.78, 5) is 0. The summed E-state index contributed by atoms with van der Waals surface area (Å²) in [5.41, 5.74) is 3.35. The minimum atomic E-state index is 0.310. The summed E-state index contributed by atoms with van der Waals surface area (Å²) in [6, 6.07) is 7.16. The number of fused-ring (bicyclic) bond motifs is 1. The second-order valence-electron chi connectivity index (χ2n) is 7.00. The van der Waals surface area contributed by atoms with Crippen LogP contribution in [0.25, 0.3) is 0 Å². The maximum absolute atomic E-state index is 6.34. The molecule has 2 nitrogen and oxygen atoms in total. The second kappa shape index (κ2) is 5.40. The van der Waals surface area contributed by atoms with Gasteiger partial charge in [-0.2, -0.15) is 0 Å². The van der Waals surface area contributed by atoms with Crippen LogP contribution in [0.4, 0.5) is 0 Å². The van der Waals surface area contributed by atoms with Gasteiger partial charge in [-0.3, -0.25) is 0 Å². The molecule has 1 saturated carbocycles. The van der Waals surface area contributed by atoms with E-state index in [1.54, 1.807) is 0 Å². The molecule has 2 atom stereocenters. The third-order valence-electron chi connectivity index (χ3n) is 5.07. The van der Waals surface area contributed by atoms with E-state index in [-0.39, 0.29) is 0 Å². The largest absolute Gasteiger partial charge is 0.489 e. The first-order valence-electron chi connectivity index (χ1n) is 8.12. The Balaban J connectivity index is 1.74. The molecule has 0 bridgehead atoms. The van der Waals surface area contributed by atoms with E-state index in [9.17, 15) is 0 Å². The predicted octanol–water partition coefficient (Wildman–Crippen LogP) is 3.72. The maximum atomic E-state index is 6.34. The summed E-state index contributed by atoms with van der Waals surface area (Å²) in [6.07, 6.45) is 6.47. The van der Waals surface area contributed by atoms with Crippen molar-refractivity contribution in [3.8, 4) is 5.75 Å². The first-order valence-corrected chi connectivity index (χ1v) is 8.12. The molecule has 1 aromatic carbocycles. The molecule has 2 aliphatic rings. The normalized spacial score (nSPS) is 27.6. The Bertz CT molecular complexity index is 480. The highest BCUT2D eigenvalue weighted by Crippen LogP contribution is 2.39. The predicted molar refractivity (Wildman–Crippen MR) is 83.4 cm³/mol. The van der Waals surface area contributed by atoms with Crippen molar-refractivity contribution < 1.29 is 4.74 Å². The Morgan fingerprint density at radius 1 is 1.25 bits per heavy atom. The molecule has 2 aliphatic carbocycles. The van der Waals surface area contributed by atoms with Gasteiger partial charge in [0, 0.05) is 6.04 Å². The van der Waals surface area contributed by atoms with Crippen LogP contribution < -0.4 is 10.1 Å². The molecule has 0 saturated heterocycles. The molecule has 0 amide bonds. The topological polar surface area (TPSA) is 21.3 Å². The minimum Gasteiger partial charge on any atom is -0.489 e. The molecule has 110 valence electrons. The summed E-state index contributed by atoms with van der Waals surface area (Å²) in [7, 11) is 0. The van der Waals surface area contributed by atoms with Crippen molar-refractivity contribution in [3.63, 3.8) is 0 Å². The van der Waals surface area contributed by atoms with Crippen molar-refractivity contribution in [2.45, 2.75) is 65.0 Å². The van der Waals surface area contributed by atoms with Crippen LogP contribution in [-0.2, 0) is 12.8 Å². The van der Waals surface area contributed by atoms with E-state index in [2.05, 4.69) is 44.3 Å². The Hall–Kier alpha value is -1.02. The number of hydrogen-bond acceptors (Lipinski definition) is 2. The highest BCUT2D eigenvalue weighted by molar-refractivity contribution is 5.38. The van der Waals surface area contributed by atoms with Gasteiger partial charge in [0.25, 0.3) is 0 Å². The van der Waals surface area contributed by atoms with Gasteiger partial charge in [-0.05, 0) is 67.3 Å². The zero-order valence-electron chi connectivity index (χ0n) is 13.0. The van der Waals surface area contributed by atoms with Crippen LogP contribution >= 0.6 is 0 Å². The Labute approximate surface area is 122 Å². The van der Waals surface area contributed by atoms with E-state index >= 15 is 0 Å². The number of aryl methyl sites for hydroxylation is 2. The quantitative estimate of drug-likeness (QED) is 0.902. The number of hydrogen-bond donors (Lipinski definition) is 1. The standard InChI is InChI=1S/C18H27NO/c1-4-19-17-16(10-11-18(17,2)3)20-15-9-8-13-6-5-7-14(13)12-15/h8-9,12,16-17,19H,4-7,10-11H2,1-3H3. The zero-order chi connectivity index (χ0) is 14.2. The summed E-state index contributed by atoms with van der Waals surface area (Å²) in [6.45, 7) is 7.90. The molecular weight excluding hydrogens is 246 g/mol. The molecule has 0 spiro atoms. The van der Waals surface area contributed by atoms with E-state index in [1.807, 2.05) is 0 Å². The number of nitrogens with one attached hydrogen (secondary N) is 1. The number of rotatable bonds is 4. The average Bonchev–Trinajstić information content (AvgIpc) is 2.97. The third-order valence-corrected chi connectivity index (χ3v) is 5.07. The fourth-order valence-corrected chi connectivity index (χ4v) is 3.89. The molecule has 2 unspecified atom stereocenters. The van der Waals surface area contributed by atoms with Gasteiger partial charge in [-0.25, -0.2) is 0 Å². The molecule has 2 heteroatoms. The second-order valence-corrected chi connectivity index (χ2v) is 7.00. The molecule has 1 fully saturated rings. The molecule has 20 heavy (non-hydrogen) atoms. The lowest BCUT2D eigenvalue weighted by Gasteiger charge is -2.31. The maximum Gasteiger partial charge on any atom is 0.120 e. The Kier molecular flexibility index (Phi) is 3.76. The first-order chi connectivity index (χ1) is 9.60. The lowest BCUT2D eigenvalue weighted by molar-refractivity contribution is 0.141. The highest BCUT2D eigenvalue weighted by atomic mass is 16.5. The van der Waals surface area contributed by atoms with Crippen LogP contribution in [-0.4, -0.2) is 18.7 Å². The number of likely N-dealkylation sites (N-methyl/N-ethyl adjacent to an activating group) is 1. The van der Waals surface area contributed by atoms with Gasteiger partial charge in [-0.1, -0.05) is 26.8 Å².